The van der Waals surface area contributed by atoms with Crippen LogP contribution in [0.1, 0.15) is 30.4 Å². The third kappa shape index (κ3) is 7.30. The van der Waals surface area contributed by atoms with Crippen molar-refractivity contribution in [2.24, 2.45) is 4.99 Å². The van der Waals surface area contributed by atoms with Crippen LogP contribution in [0.2, 0.25) is 0 Å². The summed E-state index contributed by atoms with van der Waals surface area (Å²) >= 11 is 0. The molecule has 2 aromatic carbocycles. The van der Waals surface area contributed by atoms with E-state index in [1.54, 1.807) is 28.4 Å². The summed E-state index contributed by atoms with van der Waals surface area (Å²) in [6.45, 7) is 3.67. The molecule has 0 heterocycles. The van der Waals surface area contributed by atoms with Gasteiger partial charge in [-0.05, 0) is 35.6 Å². The monoisotopic (exact) mass is 513 g/mol. The van der Waals surface area contributed by atoms with Crippen LogP contribution in [0.3, 0.4) is 0 Å². The lowest BCUT2D eigenvalue weighted by atomic mass is 9.98. The predicted molar refractivity (Wildman–Crippen MR) is 129 cm³/mol. The van der Waals surface area contributed by atoms with Gasteiger partial charge in [-0.15, -0.1) is 24.0 Å². The van der Waals surface area contributed by atoms with Gasteiger partial charge >= 0.3 is 0 Å². The largest absolute Gasteiger partial charge is 0.493 e. The first-order chi connectivity index (χ1) is 13.6. The van der Waals surface area contributed by atoms with Crippen LogP contribution in [0, 0.1) is 0 Å². The van der Waals surface area contributed by atoms with Crippen LogP contribution in [-0.4, -0.2) is 40.9 Å². The van der Waals surface area contributed by atoms with Crippen molar-refractivity contribution < 1.29 is 14.2 Å². The molecule has 6 nitrogen and oxygen atoms in total. The Hall–Kier alpha value is -2.16. The van der Waals surface area contributed by atoms with Crippen molar-refractivity contribution in [1.82, 2.24) is 10.6 Å². The van der Waals surface area contributed by atoms with E-state index in [-0.39, 0.29) is 24.0 Å². The lowest BCUT2D eigenvalue weighted by Crippen LogP contribution is -2.37. The Bertz CT molecular complexity index is 744. The van der Waals surface area contributed by atoms with Gasteiger partial charge in [-0.3, -0.25) is 4.99 Å². The highest BCUT2D eigenvalue weighted by Gasteiger charge is 2.13. The van der Waals surface area contributed by atoms with E-state index >= 15 is 0 Å². The van der Waals surface area contributed by atoms with Gasteiger partial charge in [0.25, 0.3) is 0 Å². The molecule has 0 aliphatic carbocycles. The fourth-order valence-corrected chi connectivity index (χ4v) is 3.00. The van der Waals surface area contributed by atoms with Crippen molar-refractivity contribution in [2.45, 2.75) is 25.8 Å². The fraction of sp³-hybridized carbons (Fsp3) is 0.409. The standard InChI is InChI=1S/C22H31N3O3.HI/c1-16(18-9-7-6-8-10-18)11-12-24-22(23-2)25-15-17-13-19(26-3)21(28-5)20(14-17)27-4;/h6-10,13-14,16H,11-12,15H2,1-5H3,(H2,23,24,25);1H. The van der Waals surface area contributed by atoms with Crippen LogP contribution in [0.4, 0.5) is 0 Å². The molecule has 0 saturated carbocycles. The van der Waals surface area contributed by atoms with Crippen LogP contribution in [0.25, 0.3) is 0 Å². The summed E-state index contributed by atoms with van der Waals surface area (Å²) in [6, 6.07) is 14.4. The number of hydrogen-bond donors (Lipinski definition) is 2. The molecule has 0 bridgehead atoms. The van der Waals surface area contributed by atoms with Gasteiger partial charge in [0.05, 0.1) is 21.3 Å². The zero-order valence-electron chi connectivity index (χ0n) is 17.8. The van der Waals surface area contributed by atoms with E-state index in [1.807, 2.05) is 18.2 Å². The number of benzene rings is 2. The predicted octanol–water partition coefficient (Wildman–Crippen LogP) is 4.19. The Balaban J connectivity index is 0.00000420. The summed E-state index contributed by atoms with van der Waals surface area (Å²) < 4.78 is 16.2. The molecule has 1 unspecified atom stereocenters. The van der Waals surface area contributed by atoms with Gasteiger partial charge in [-0.2, -0.15) is 0 Å². The van der Waals surface area contributed by atoms with Gasteiger partial charge in [0.1, 0.15) is 0 Å². The zero-order chi connectivity index (χ0) is 20.4. The molecule has 0 amide bonds. The van der Waals surface area contributed by atoms with E-state index in [0.717, 1.165) is 24.5 Å². The Morgan fingerprint density at radius 3 is 2.10 bits per heavy atom. The first-order valence-corrected chi connectivity index (χ1v) is 9.41. The highest BCUT2D eigenvalue weighted by Crippen LogP contribution is 2.38. The number of halogens is 1. The minimum atomic E-state index is 0. The Labute approximate surface area is 191 Å². The normalized spacial score (nSPS) is 11.8. The van der Waals surface area contributed by atoms with Crippen LogP contribution < -0.4 is 24.8 Å². The summed E-state index contributed by atoms with van der Waals surface area (Å²) in [5.74, 6) is 3.11. The van der Waals surface area contributed by atoms with Crippen LogP contribution in [-0.2, 0) is 6.54 Å². The summed E-state index contributed by atoms with van der Waals surface area (Å²) in [6.07, 6.45) is 1.02. The number of rotatable bonds is 9. The summed E-state index contributed by atoms with van der Waals surface area (Å²) in [7, 11) is 6.59. The number of guanidine groups is 1. The number of methoxy groups -OCH3 is 3. The van der Waals surface area contributed by atoms with Crippen molar-refractivity contribution >= 4 is 29.9 Å². The van der Waals surface area contributed by atoms with Crippen molar-refractivity contribution in [3.8, 4) is 17.2 Å². The van der Waals surface area contributed by atoms with Gasteiger partial charge in [0, 0.05) is 20.1 Å². The Kier molecular flexibility index (Phi) is 11.3. The minimum Gasteiger partial charge on any atom is -0.493 e. The molecule has 0 radical (unpaired) electrons. The molecule has 7 heteroatoms. The molecule has 0 aliphatic heterocycles. The van der Waals surface area contributed by atoms with Crippen molar-refractivity contribution in [3.63, 3.8) is 0 Å². The first-order valence-electron chi connectivity index (χ1n) is 9.41. The number of nitrogens with zero attached hydrogens (tertiary/aromatic N) is 1. The molecule has 0 aliphatic rings. The molecule has 2 rings (SSSR count). The van der Waals surface area contributed by atoms with Crippen molar-refractivity contribution in [3.05, 3.63) is 53.6 Å². The van der Waals surface area contributed by atoms with Crippen LogP contribution in [0.5, 0.6) is 17.2 Å². The molecule has 0 saturated heterocycles. The Morgan fingerprint density at radius 1 is 0.966 bits per heavy atom. The minimum absolute atomic E-state index is 0. The quantitative estimate of drug-likeness (QED) is 0.299. The topological polar surface area (TPSA) is 64.1 Å². The maximum atomic E-state index is 5.41. The van der Waals surface area contributed by atoms with Crippen molar-refractivity contribution in [2.75, 3.05) is 34.9 Å². The summed E-state index contributed by atoms with van der Waals surface area (Å²) in [5.41, 5.74) is 2.36. The van der Waals surface area contributed by atoms with E-state index < -0.39 is 0 Å². The van der Waals surface area contributed by atoms with E-state index in [0.29, 0.717) is 29.7 Å². The van der Waals surface area contributed by atoms with E-state index in [9.17, 15) is 0 Å². The zero-order valence-corrected chi connectivity index (χ0v) is 20.2. The molecular weight excluding hydrogens is 481 g/mol. The van der Waals surface area contributed by atoms with E-state index in [1.165, 1.54) is 5.56 Å². The number of nitrogens with one attached hydrogen (secondary N) is 2. The molecule has 1 atom stereocenters. The molecule has 2 N–H and O–H groups in total. The van der Waals surface area contributed by atoms with E-state index in [2.05, 4.69) is 46.8 Å². The number of aliphatic imine (C=N–C) groups is 1. The molecular formula is C22H32IN3O3. The lowest BCUT2D eigenvalue weighted by Gasteiger charge is -2.17. The van der Waals surface area contributed by atoms with Gasteiger partial charge in [-0.25, -0.2) is 0 Å². The maximum Gasteiger partial charge on any atom is 0.203 e. The highest BCUT2D eigenvalue weighted by molar-refractivity contribution is 14.0. The molecule has 0 fully saturated rings. The second-order valence-electron chi connectivity index (χ2n) is 6.49. The van der Waals surface area contributed by atoms with Gasteiger partial charge in [0.15, 0.2) is 17.5 Å². The molecule has 2 aromatic rings. The van der Waals surface area contributed by atoms with Crippen LogP contribution >= 0.6 is 24.0 Å². The Morgan fingerprint density at radius 2 is 1.59 bits per heavy atom. The molecule has 0 spiro atoms. The summed E-state index contributed by atoms with van der Waals surface area (Å²) in [4.78, 5) is 4.30. The number of hydrogen-bond acceptors (Lipinski definition) is 4. The molecule has 29 heavy (non-hydrogen) atoms. The second-order valence-corrected chi connectivity index (χ2v) is 6.49. The van der Waals surface area contributed by atoms with Gasteiger partial charge in [0.2, 0.25) is 5.75 Å². The fourth-order valence-electron chi connectivity index (χ4n) is 3.00. The van der Waals surface area contributed by atoms with E-state index in [4.69, 9.17) is 14.2 Å². The average Bonchev–Trinajstić information content (AvgIpc) is 2.75. The molecule has 160 valence electrons. The maximum absolute atomic E-state index is 5.41. The third-order valence-electron chi connectivity index (χ3n) is 4.65. The smallest absolute Gasteiger partial charge is 0.203 e. The highest BCUT2D eigenvalue weighted by atomic mass is 127. The average molecular weight is 513 g/mol. The molecule has 0 aromatic heterocycles. The van der Waals surface area contributed by atoms with Gasteiger partial charge < -0.3 is 24.8 Å². The lowest BCUT2D eigenvalue weighted by molar-refractivity contribution is 0.323. The first kappa shape index (κ1) is 24.9. The van der Waals surface area contributed by atoms with Crippen molar-refractivity contribution in [1.29, 1.82) is 0 Å². The van der Waals surface area contributed by atoms with Crippen LogP contribution in [0.15, 0.2) is 47.5 Å². The SMILES string of the molecule is CN=C(NCCC(C)c1ccccc1)NCc1cc(OC)c(OC)c(OC)c1.I. The second kappa shape index (κ2) is 13.1. The van der Waals surface area contributed by atoms with Gasteiger partial charge in [-0.1, -0.05) is 37.3 Å². The third-order valence-corrected chi connectivity index (χ3v) is 4.65. The number of ether oxygens (including phenoxy) is 3. The summed E-state index contributed by atoms with van der Waals surface area (Å²) in [5, 5.41) is 6.70.